The third kappa shape index (κ3) is 4.48. The number of amidine groups is 1. The first-order valence-corrected chi connectivity index (χ1v) is 7.70. The van der Waals surface area contributed by atoms with E-state index in [2.05, 4.69) is 69.7 Å². The van der Waals surface area contributed by atoms with E-state index < -0.39 is 0 Å². The molecule has 0 aliphatic carbocycles. The average Bonchev–Trinajstić information content (AvgIpc) is 2.24. The molecule has 0 amide bonds. The Hall–Kier alpha value is -0.767. The Morgan fingerprint density at radius 2 is 1.50 bits per heavy atom. The molecule has 0 saturated heterocycles. The van der Waals surface area contributed by atoms with Crippen LogP contribution in [0.3, 0.4) is 0 Å². The first-order chi connectivity index (χ1) is 8.11. The summed E-state index contributed by atoms with van der Waals surface area (Å²) in [4.78, 5) is 4.92. The van der Waals surface area contributed by atoms with Crippen molar-refractivity contribution in [3.05, 3.63) is 35.9 Å². The van der Waals surface area contributed by atoms with Crippen LogP contribution in [0.4, 0.5) is 0 Å². The molecule has 2 nitrogen and oxygen atoms in total. The van der Waals surface area contributed by atoms with Gasteiger partial charge < -0.3 is 0 Å². The fourth-order valence-electron chi connectivity index (χ4n) is 1.50. The van der Waals surface area contributed by atoms with Crippen molar-refractivity contribution in [2.24, 2.45) is 4.99 Å². The summed E-state index contributed by atoms with van der Waals surface area (Å²) in [7, 11) is 0. The minimum absolute atomic E-state index is 0.0587. The van der Waals surface area contributed by atoms with Crippen molar-refractivity contribution in [3.8, 4) is 0 Å². The predicted molar refractivity (Wildman–Crippen MR) is 82.9 cm³/mol. The van der Waals surface area contributed by atoms with Crippen LogP contribution in [0, 0.1) is 0 Å². The van der Waals surface area contributed by atoms with Crippen molar-refractivity contribution in [1.29, 1.82) is 0 Å². The topological polar surface area (TPSA) is 15.6 Å². The molecule has 99 valence electrons. The number of rotatable bonds is 1. The van der Waals surface area contributed by atoms with Gasteiger partial charge in [0.15, 0.2) is 0 Å². The Balaban J connectivity index is 3.25. The van der Waals surface area contributed by atoms with Gasteiger partial charge >= 0.3 is 120 Å². The van der Waals surface area contributed by atoms with E-state index in [4.69, 9.17) is 4.99 Å². The number of hydrogen-bond acceptors (Lipinski definition) is 1. The maximum absolute atomic E-state index is 4.92. The first-order valence-electron chi connectivity index (χ1n) is 6.37. The number of nitrogens with zero attached hydrogens (tertiary/aromatic N) is 2. The van der Waals surface area contributed by atoms with Gasteiger partial charge in [-0.05, 0) is 0 Å². The van der Waals surface area contributed by atoms with Gasteiger partial charge in [0.05, 0.1) is 0 Å². The zero-order valence-electron chi connectivity index (χ0n) is 12.5. The van der Waals surface area contributed by atoms with Crippen molar-refractivity contribution >= 4 is 22.6 Å². The first kappa shape index (κ1) is 15.3. The fraction of sp³-hybridized carbons (Fsp3) is 0.533. The molecule has 0 atom stereocenters. The third-order valence-electron chi connectivity index (χ3n) is 2.54. The molecule has 0 aliphatic rings. The van der Waals surface area contributed by atoms with Crippen LogP contribution < -0.4 is 0 Å². The van der Waals surface area contributed by atoms with Gasteiger partial charge in [0.25, 0.3) is 0 Å². The van der Waals surface area contributed by atoms with Crippen molar-refractivity contribution < 1.29 is 0 Å². The Morgan fingerprint density at radius 1 is 1.00 bits per heavy atom. The van der Waals surface area contributed by atoms with Crippen molar-refractivity contribution in [3.63, 3.8) is 0 Å². The van der Waals surface area contributed by atoms with Crippen molar-refractivity contribution in [1.82, 2.24) is 3.86 Å². The van der Waals surface area contributed by atoms with Crippen LogP contribution in [0.2, 0.25) is 0 Å². The Labute approximate surface area is 120 Å². The normalized spacial score (nSPS) is 13.6. The Morgan fingerprint density at radius 3 is 1.89 bits per heavy atom. The molecule has 1 aromatic rings. The van der Waals surface area contributed by atoms with Crippen LogP contribution >= 0.6 is 0 Å². The molecule has 0 bridgehead atoms. The van der Waals surface area contributed by atoms with Crippen molar-refractivity contribution in [2.45, 2.75) is 52.6 Å². The van der Waals surface area contributed by atoms with Crippen LogP contribution in [-0.4, -0.2) is 37.5 Å². The molecule has 0 aliphatic heterocycles. The summed E-state index contributed by atoms with van der Waals surface area (Å²) in [5, 5.41) is 0. The molecule has 0 heterocycles. The zero-order chi connectivity index (χ0) is 14.0. The third-order valence-corrected chi connectivity index (χ3v) is 5.16. The second-order valence-electron chi connectivity index (χ2n) is 6.57. The monoisotopic (exact) mass is 307 g/mol. The molecule has 0 spiro atoms. The number of benzene rings is 1. The molecule has 0 saturated carbocycles. The Bertz CT molecular complexity index is 410. The zero-order valence-corrected chi connectivity index (χ0v) is 15.5. The van der Waals surface area contributed by atoms with E-state index in [0.29, 0.717) is 0 Å². The van der Waals surface area contributed by atoms with Gasteiger partial charge in [0, 0.05) is 0 Å². The molecule has 18 heavy (non-hydrogen) atoms. The van der Waals surface area contributed by atoms with Gasteiger partial charge in [-0.2, -0.15) is 0 Å². The summed E-state index contributed by atoms with van der Waals surface area (Å²) in [6.07, 6.45) is 0. The van der Waals surface area contributed by atoms with Crippen LogP contribution in [0.5, 0.6) is 0 Å². The van der Waals surface area contributed by atoms with Gasteiger partial charge in [-0.1, -0.05) is 0 Å². The minimum atomic E-state index is -0.0587. The summed E-state index contributed by atoms with van der Waals surface area (Å²) < 4.78 is 2.37. The molecule has 1 aromatic carbocycles. The Kier molecular flexibility index (Phi) is 4.65. The molecule has 0 fully saturated rings. The van der Waals surface area contributed by atoms with Gasteiger partial charge in [-0.3, -0.25) is 0 Å². The van der Waals surface area contributed by atoms with E-state index in [1.54, 1.807) is 0 Å². The van der Waals surface area contributed by atoms with E-state index >= 15 is 0 Å². The van der Waals surface area contributed by atoms with Crippen molar-refractivity contribution in [2.75, 3.05) is 0 Å². The van der Waals surface area contributed by atoms with E-state index in [1.807, 2.05) is 6.07 Å². The second-order valence-corrected chi connectivity index (χ2v) is 7.90. The standard InChI is InChI=1S/C15H25GeN2/c1-14(2,3)17-13(18(16)15(4,5)6)12-10-8-7-9-11-12/h7-11H,16H2,1-6H3. The van der Waals surface area contributed by atoms with Crippen LogP contribution in [0.25, 0.3) is 0 Å². The SMILES string of the molecule is CC(C)(C)N=C(c1ccccc1)[N]([GeH2])C(C)(C)C. The van der Waals surface area contributed by atoms with Crippen LogP contribution in [-0.2, 0) is 0 Å². The second kappa shape index (κ2) is 5.47. The molecular weight excluding hydrogens is 281 g/mol. The molecule has 1 radical (unpaired) electrons. The van der Waals surface area contributed by atoms with Gasteiger partial charge in [-0.15, -0.1) is 0 Å². The summed E-state index contributed by atoms with van der Waals surface area (Å²) in [6.45, 7) is 13.1. The molecule has 0 unspecified atom stereocenters. The van der Waals surface area contributed by atoms with Gasteiger partial charge in [0.1, 0.15) is 0 Å². The van der Waals surface area contributed by atoms with E-state index in [1.165, 1.54) is 5.56 Å². The predicted octanol–water partition coefficient (Wildman–Crippen LogP) is 2.88. The van der Waals surface area contributed by atoms with E-state index in [9.17, 15) is 0 Å². The average molecular weight is 306 g/mol. The summed E-state index contributed by atoms with van der Waals surface area (Å²) >= 11 is 1.08. The van der Waals surface area contributed by atoms with Gasteiger partial charge in [-0.25, -0.2) is 0 Å². The fourth-order valence-corrected chi connectivity index (χ4v) is 2.03. The summed E-state index contributed by atoms with van der Waals surface area (Å²) in [5.74, 6) is 1.11. The number of aliphatic imine (C=N–C) groups is 1. The molecule has 3 heteroatoms. The molecule has 1 rings (SSSR count). The number of hydrogen-bond donors (Lipinski definition) is 0. The quantitative estimate of drug-likeness (QED) is 0.442. The van der Waals surface area contributed by atoms with E-state index in [-0.39, 0.29) is 11.1 Å². The summed E-state index contributed by atoms with van der Waals surface area (Å²) in [6, 6.07) is 10.5. The molecule has 0 N–H and O–H groups in total. The van der Waals surface area contributed by atoms with Crippen LogP contribution in [0.15, 0.2) is 35.3 Å². The molecular formula is C15H25GeN2. The van der Waals surface area contributed by atoms with Gasteiger partial charge in [0.2, 0.25) is 0 Å². The molecule has 0 aromatic heterocycles. The maximum atomic E-state index is 4.92. The van der Waals surface area contributed by atoms with E-state index in [0.717, 1.165) is 22.6 Å². The summed E-state index contributed by atoms with van der Waals surface area (Å²) in [5.41, 5.74) is 1.25. The van der Waals surface area contributed by atoms with Crippen LogP contribution in [0.1, 0.15) is 47.1 Å².